The molecule has 0 saturated heterocycles. The second-order valence-corrected chi connectivity index (χ2v) is 11.9. The van der Waals surface area contributed by atoms with Crippen LogP contribution in [0.25, 0.3) is 16.7 Å². The van der Waals surface area contributed by atoms with Crippen LogP contribution in [0.4, 0.5) is 0 Å². The van der Waals surface area contributed by atoms with Crippen LogP contribution in [0.15, 0.2) is 51.8 Å². The molecule has 0 bridgehead atoms. The molecule has 0 aliphatic heterocycles. The minimum Gasteiger partial charge on any atom is -0.497 e. The number of benzene rings is 2. The van der Waals surface area contributed by atoms with Crippen LogP contribution in [0.1, 0.15) is 0 Å². The fourth-order valence-corrected chi connectivity index (χ4v) is 4.21. The summed E-state index contributed by atoms with van der Waals surface area (Å²) in [6, 6.07) is 11.1. The molecule has 2 aromatic carbocycles. The highest BCUT2D eigenvalue weighted by molar-refractivity contribution is 6.90. The molecule has 0 amide bonds. The standard InChI is InChI=1S/C19H22NO4Si/c1-22-15-8-6-14(7-9-15)20-12-13-10-16(23-2)11-17(25(3,4)5)18(13)24-19(20)21/h6-12H,1-5H3/q+1. The normalized spacial score (nSPS) is 11.6. The largest absolute Gasteiger partial charge is 0.608 e. The lowest BCUT2D eigenvalue weighted by Crippen LogP contribution is -2.48. The Hall–Kier alpha value is -2.60. The number of fused-ring (bicyclic) bond motifs is 1. The SMILES string of the molecule is COc1ccc(-[n+]2cc3cc(OC)cc([Si](C)(C)C)c3oc2=O)cc1. The molecule has 0 aliphatic carbocycles. The minimum absolute atomic E-state index is 0.415. The smallest absolute Gasteiger partial charge is 0.497 e. The third kappa shape index (κ3) is 3.30. The van der Waals surface area contributed by atoms with E-state index in [-0.39, 0.29) is 0 Å². The van der Waals surface area contributed by atoms with E-state index < -0.39 is 13.8 Å². The summed E-state index contributed by atoms with van der Waals surface area (Å²) in [4.78, 5) is 12.6. The van der Waals surface area contributed by atoms with Crippen LogP contribution in [-0.4, -0.2) is 22.3 Å². The molecule has 1 heterocycles. The van der Waals surface area contributed by atoms with Gasteiger partial charge >= 0.3 is 5.76 Å². The lowest BCUT2D eigenvalue weighted by Gasteiger charge is -2.18. The van der Waals surface area contributed by atoms with E-state index in [0.717, 1.165) is 22.1 Å². The molecule has 0 fully saturated rings. The maximum absolute atomic E-state index is 12.6. The summed E-state index contributed by atoms with van der Waals surface area (Å²) in [7, 11) is 1.54. The van der Waals surface area contributed by atoms with Crippen LogP contribution < -0.4 is 25.0 Å². The molecule has 0 spiro atoms. The zero-order valence-electron chi connectivity index (χ0n) is 15.1. The summed E-state index contributed by atoms with van der Waals surface area (Å²) in [5, 5.41) is 1.91. The van der Waals surface area contributed by atoms with Crippen molar-refractivity contribution in [2.75, 3.05) is 14.2 Å². The molecule has 0 atom stereocenters. The highest BCUT2D eigenvalue weighted by atomic mass is 28.3. The molecule has 0 aliphatic rings. The number of hydrogen-bond donors (Lipinski definition) is 0. The summed E-state index contributed by atoms with van der Waals surface area (Å²) in [6.45, 7) is 6.64. The van der Waals surface area contributed by atoms with Gasteiger partial charge < -0.3 is 13.9 Å². The van der Waals surface area contributed by atoms with Crippen molar-refractivity contribution in [1.29, 1.82) is 0 Å². The van der Waals surface area contributed by atoms with Gasteiger partial charge in [-0.15, -0.1) is 0 Å². The summed E-state index contributed by atoms with van der Waals surface area (Å²) in [5.41, 5.74) is 1.36. The van der Waals surface area contributed by atoms with Gasteiger partial charge in [0.05, 0.1) is 27.7 Å². The van der Waals surface area contributed by atoms with E-state index >= 15 is 0 Å². The second kappa shape index (κ2) is 6.37. The molecular weight excluding hydrogens is 334 g/mol. The third-order valence-corrected chi connectivity index (χ3v) is 6.13. The Bertz CT molecular complexity index is 972. The number of hydrogen-bond acceptors (Lipinski definition) is 4. The lowest BCUT2D eigenvalue weighted by molar-refractivity contribution is -0.623. The number of nitrogens with zero attached hydrogens (tertiary/aromatic N) is 1. The first kappa shape index (κ1) is 17.2. The van der Waals surface area contributed by atoms with Gasteiger partial charge in [0.25, 0.3) is 0 Å². The van der Waals surface area contributed by atoms with Gasteiger partial charge in [0.15, 0.2) is 6.20 Å². The molecule has 0 saturated carbocycles. The zero-order chi connectivity index (χ0) is 18.2. The molecule has 3 rings (SSSR count). The van der Waals surface area contributed by atoms with Gasteiger partial charge in [0, 0.05) is 12.1 Å². The highest BCUT2D eigenvalue weighted by Crippen LogP contribution is 2.21. The molecule has 3 aromatic rings. The molecule has 0 radical (unpaired) electrons. The van der Waals surface area contributed by atoms with Crippen molar-refractivity contribution >= 4 is 24.2 Å². The van der Waals surface area contributed by atoms with Crippen LogP contribution in [0.5, 0.6) is 11.5 Å². The van der Waals surface area contributed by atoms with Crippen molar-refractivity contribution in [2.24, 2.45) is 0 Å². The van der Waals surface area contributed by atoms with Crippen molar-refractivity contribution in [2.45, 2.75) is 19.6 Å². The summed E-state index contributed by atoms with van der Waals surface area (Å²) >= 11 is 0. The number of rotatable bonds is 4. The zero-order valence-corrected chi connectivity index (χ0v) is 16.1. The number of methoxy groups -OCH3 is 2. The fourth-order valence-electron chi connectivity index (χ4n) is 2.76. The van der Waals surface area contributed by atoms with Gasteiger partial charge in [-0.3, -0.25) is 0 Å². The maximum atomic E-state index is 12.6. The Labute approximate surface area is 147 Å². The van der Waals surface area contributed by atoms with Gasteiger partial charge in [-0.25, -0.2) is 0 Å². The van der Waals surface area contributed by atoms with Gasteiger partial charge in [0.1, 0.15) is 17.1 Å². The highest BCUT2D eigenvalue weighted by Gasteiger charge is 2.25. The van der Waals surface area contributed by atoms with Crippen molar-refractivity contribution in [1.82, 2.24) is 0 Å². The first-order valence-corrected chi connectivity index (χ1v) is 11.6. The first-order chi connectivity index (χ1) is 11.8. The molecule has 5 nitrogen and oxygen atoms in total. The van der Waals surface area contributed by atoms with Crippen molar-refractivity contribution in [3.63, 3.8) is 0 Å². The van der Waals surface area contributed by atoms with Gasteiger partial charge in [-0.05, 0) is 29.5 Å². The van der Waals surface area contributed by atoms with Crippen molar-refractivity contribution < 1.29 is 18.5 Å². The predicted octanol–water partition coefficient (Wildman–Crippen LogP) is 2.63. The summed E-state index contributed by atoms with van der Waals surface area (Å²) in [5.74, 6) is 1.08. The Kier molecular flexibility index (Phi) is 4.39. The van der Waals surface area contributed by atoms with E-state index in [1.807, 2.05) is 36.4 Å². The molecular formula is C19H22NO4Si+. The van der Waals surface area contributed by atoms with E-state index in [2.05, 4.69) is 19.6 Å². The summed E-state index contributed by atoms with van der Waals surface area (Å²) < 4.78 is 17.8. The average molecular weight is 356 g/mol. The van der Waals surface area contributed by atoms with Gasteiger partial charge in [-0.1, -0.05) is 24.2 Å². The van der Waals surface area contributed by atoms with E-state index in [1.54, 1.807) is 20.4 Å². The quantitative estimate of drug-likeness (QED) is 0.533. The Morgan fingerprint density at radius 1 is 0.960 bits per heavy atom. The average Bonchev–Trinajstić information content (AvgIpc) is 2.59. The van der Waals surface area contributed by atoms with E-state index in [9.17, 15) is 4.79 Å². The Morgan fingerprint density at radius 3 is 2.16 bits per heavy atom. The lowest BCUT2D eigenvalue weighted by atomic mass is 10.2. The molecule has 1 aromatic heterocycles. The van der Waals surface area contributed by atoms with Gasteiger partial charge in [-0.2, -0.15) is 4.79 Å². The fraction of sp³-hybridized carbons (Fsp3) is 0.263. The molecule has 6 heteroatoms. The summed E-state index contributed by atoms with van der Waals surface area (Å²) in [6.07, 6.45) is 1.80. The first-order valence-electron chi connectivity index (χ1n) is 8.06. The molecule has 0 unspecified atom stereocenters. The van der Waals surface area contributed by atoms with Crippen LogP contribution in [-0.2, 0) is 0 Å². The number of ether oxygens (including phenoxy) is 2. The van der Waals surface area contributed by atoms with Crippen LogP contribution >= 0.6 is 0 Å². The predicted molar refractivity (Wildman–Crippen MR) is 100 cm³/mol. The Balaban J connectivity index is 2.26. The third-order valence-electron chi connectivity index (χ3n) is 4.14. The van der Waals surface area contributed by atoms with E-state index in [0.29, 0.717) is 11.3 Å². The Morgan fingerprint density at radius 2 is 1.60 bits per heavy atom. The minimum atomic E-state index is -1.72. The van der Waals surface area contributed by atoms with Crippen LogP contribution in [0.2, 0.25) is 19.6 Å². The monoisotopic (exact) mass is 356 g/mol. The van der Waals surface area contributed by atoms with Crippen LogP contribution in [0, 0.1) is 0 Å². The van der Waals surface area contributed by atoms with E-state index in [4.69, 9.17) is 13.9 Å². The molecule has 25 heavy (non-hydrogen) atoms. The topological polar surface area (TPSA) is 52.6 Å². The van der Waals surface area contributed by atoms with Crippen molar-refractivity contribution in [3.05, 3.63) is 53.1 Å². The molecule has 0 N–H and O–H groups in total. The maximum Gasteiger partial charge on any atom is 0.608 e. The van der Waals surface area contributed by atoms with Crippen LogP contribution in [0.3, 0.4) is 0 Å². The second-order valence-electron chi connectivity index (χ2n) is 6.91. The number of aromatic nitrogens is 1. The van der Waals surface area contributed by atoms with Gasteiger partial charge in [0.2, 0.25) is 5.69 Å². The molecule has 130 valence electrons. The van der Waals surface area contributed by atoms with E-state index in [1.165, 1.54) is 4.57 Å². The van der Waals surface area contributed by atoms with Crippen molar-refractivity contribution in [3.8, 4) is 17.2 Å².